The molecule has 1 aromatic rings. The lowest BCUT2D eigenvalue weighted by atomic mass is 10.2. The molecule has 1 saturated heterocycles. The highest BCUT2D eigenvalue weighted by molar-refractivity contribution is 7.86. The van der Waals surface area contributed by atoms with Crippen molar-refractivity contribution in [3.05, 3.63) is 29.8 Å². The van der Waals surface area contributed by atoms with Crippen molar-refractivity contribution in [1.29, 1.82) is 0 Å². The van der Waals surface area contributed by atoms with Gasteiger partial charge in [0.1, 0.15) is 0 Å². The van der Waals surface area contributed by atoms with Crippen LogP contribution in [0.5, 0.6) is 0 Å². The normalized spacial score (nSPS) is 19.8. The number of carboxylic acid groups (broad SMARTS) is 1. The van der Waals surface area contributed by atoms with E-state index in [1.54, 1.807) is 17.0 Å². The molecule has 1 aliphatic rings. The topological polar surface area (TPSA) is 83.9 Å². The molecular weight excluding hydrogens is 294 g/mol. The molecule has 1 aliphatic heterocycles. The molecule has 7 heteroatoms. The highest BCUT2D eigenvalue weighted by Crippen LogP contribution is 2.20. The summed E-state index contributed by atoms with van der Waals surface area (Å²) < 4.78 is 29.2. The summed E-state index contributed by atoms with van der Waals surface area (Å²) in [5.41, 5.74) is 0.970. The van der Waals surface area contributed by atoms with Gasteiger partial charge in [-0.2, -0.15) is 8.42 Å². The van der Waals surface area contributed by atoms with Crippen molar-refractivity contribution in [2.75, 3.05) is 19.7 Å². The fourth-order valence-corrected chi connectivity index (χ4v) is 3.35. The summed E-state index contributed by atoms with van der Waals surface area (Å²) >= 11 is 0. The highest BCUT2D eigenvalue weighted by Gasteiger charge is 2.28. The summed E-state index contributed by atoms with van der Waals surface area (Å²) in [6.07, 6.45) is 1.60. The van der Waals surface area contributed by atoms with Crippen LogP contribution in [-0.2, 0) is 19.1 Å². The minimum absolute atomic E-state index is 0.0104. The van der Waals surface area contributed by atoms with Gasteiger partial charge in [-0.1, -0.05) is 17.7 Å². The Labute approximate surface area is 124 Å². The third kappa shape index (κ3) is 4.26. The van der Waals surface area contributed by atoms with Crippen molar-refractivity contribution in [3.8, 4) is 0 Å². The summed E-state index contributed by atoms with van der Waals surface area (Å²) in [5, 5.41) is 8.82. The Hall–Kier alpha value is -1.44. The van der Waals surface area contributed by atoms with Crippen LogP contribution in [0.15, 0.2) is 29.2 Å². The molecule has 116 valence electrons. The fraction of sp³-hybridized carbons (Fsp3) is 0.500. The first-order valence-corrected chi connectivity index (χ1v) is 8.21. The molecule has 0 bridgehead atoms. The number of hydrogen-bond donors (Lipinski definition) is 1. The summed E-state index contributed by atoms with van der Waals surface area (Å²) in [7, 11) is -3.79. The van der Waals surface area contributed by atoms with Gasteiger partial charge in [-0.3, -0.25) is 13.9 Å². The van der Waals surface area contributed by atoms with E-state index in [0.29, 0.717) is 6.54 Å². The van der Waals surface area contributed by atoms with Crippen molar-refractivity contribution < 1.29 is 22.5 Å². The summed E-state index contributed by atoms with van der Waals surface area (Å²) in [5.74, 6) is -0.914. The molecule has 0 unspecified atom stereocenters. The third-order valence-corrected chi connectivity index (χ3v) is 4.86. The maximum atomic E-state index is 12.1. The molecule has 1 N–H and O–H groups in total. The van der Waals surface area contributed by atoms with E-state index in [2.05, 4.69) is 0 Å². The van der Waals surface area contributed by atoms with Gasteiger partial charge in [0.25, 0.3) is 10.1 Å². The number of nitrogens with zero attached hydrogens (tertiary/aromatic N) is 1. The number of hydrogen-bond acceptors (Lipinski definition) is 5. The lowest BCUT2D eigenvalue weighted by Gasteiger charge is -2.21. The highest BCUT2D eigenvalue weighted by atomic mass is 32.2. The zero-order valence-corrected chi connectivity index (χ0v) is 12.7. The average Bonchev–Trinajstić information content (AvgIpc) is 2.83. The zero-order chi connectivity index (χ0) is 15.5. The maximum Gasteiger partial charge on any atom is 0.317 e. The fourth-order valence-electron chi connectivity index (χ4n) is 2.41. The largest absolute Gasteiger partial charge is 0.480 e. The van der Waals surface area contributed by atoms with Crippen LogP contribution in [0.3, 0.4) is 0 Å². The van der Waals surface area contributed by atoms with Crippen LogP contribution in [0.1, 0.15) is 18.4 Å². The van der Waals surface area contributed by atoms with Gasteiger partial charge in [0.15, 0.2) is 0 Å². The van der Waals surface area contributed by atoms with E-state index in [4.69, 9.17) is 9.29 Å². The first-order valence-electron chi connectivity index (χ1n) is 6.80. The van der Waals surface area contributed by atoms with Gasteiger partial charge in [0.05, 0.1) is 18.0 Å². The van der Waals surface area contributed by atoms with Crippen molar-refractivity contribution in [3.63, 3.8) is 0 Å². The van der Waals surface area contributed by atoms with Crippen molar-refractivity contribution in [2.45, 2.75) is 30.7 Å². The Kier molecular flexibility index (Phi) is 4.97. The van der Waals surface area contributed by atoms with Crippen LogP contribution in [0, 0.1) is 6.92 Å². The van der Waals surface area contributed by atoms with Gasteiger partial charge >= 0.3 is 5.97 Å². The maximum absolute atomic E-state index is 12.1. The van der Waals surface area contributed by atoms with Gasteiger partial charge in [0.2, 0.25) is 0 Å². The van der Waals surface area contributed by atoms with Crippen LogP contribution >= 0.6 is 0 Å². The van der Waals surface area contributed by atoms with Crippen LogP contribution in [0.4, 0.5) is 0 Å². The second kappa shape index (κ2) is 6.55. The Morgan fingerprint density at radius 2 is 2.05 bits per heavy atom. The van der Waals surface area contributed by atoms with E-state index in [9.17, 15) is 13.2 Å². The van der Waals surface area contributed by atoms with Crippen molar-refractivity contribution in [2.24, 2.45) is 0 Å². The molecule has 6 nitrogen and oxygen atoms in total. The molecule has 21 heavy (non-hydrogen) atoms. The number of carboxylic acids is 1. The monoisotopic (exact) mass is 313 g/mol. The number of aryl methyl sites for hydroxylation is 1. The predicted molar refractivity (Wildman–Crippen MR) is 76.5 cm³/mol. The molecular formula is C14H19NO5S. The van der Waals surface area contributed by atoms with Crippen LogP contribution in [0.2, 0.25) is 0 Å². The average molecular weight is 313 g/mol. The van der Waals surface area contributed by atoms with Crippen LogP contribution < -0.4 is 0 Å². The first-order chi connectivity index (χ1) is 9.88. The Morgan fingerprint density at radius 1 is 1.38 bits per heavy atom. The zero-order valence-electron chi connectivity index (χ0n) is 11.9. The quantitative estimate of drug-likeness (QED) is 0.796. The molecule has 1 aromatic carbocycles. The number of rotatable bonds is 6. The minimum Gasteiger partial charge on any atom is -0.480 e. The summed E-state index contributed by atoms with van der Waals surface area (Å²) in [4.78, 5) is 12.6. The molecule has 1 fully saturated rings. The van der Waals surface area contributed by atoms with E-state index in [-0.39, 0.29) is 24.1 Å². The Balaban J connectivity index is 1.98. The number of aliphatic carboxylic acids is 1. The molecule has 0 saturated carbocycles. The molecule has 2 rings (SSSR count). The van der Waals surface area contributed by atoms with Crippen LogP contribution in [-0.4, -0.2) is 50.1 Å². The number of likely N-dealkylation sites (tertiary alicyclic amines) is 1. The molecule has 1 atom stereocenters. The number of carbonyl (C=O) groups is 1. The second-order valence-corrected chi connectivity index (χ2v) is 6.83. The van der Waals surface area contributed by atoms with E-state index >= 15 is 0 Å². The predicted octanol–water partition coefficient (Wildman–Crippen LogP) is 1.25. The summed E-state index contributed by atoms with van der Waals surface area (Å²) in [6.45, 7) is 2.44. The third-order valence-electron chi connectivity index (χ3n) is 3.56. The molecule has 1 heterocycles. The minimum atomic E-state index is -3.79. The van der Waals surface area contributed by atoms with Gasteiger partial charge in [-0.25, -0.2) is 0 Å². The van der Waals surface area contributed by atoms with Gasteiger partial charge < -0.3 is 5.11 Å². The van der Waals surface area contributed by atoms with Gasteiger partial charge in [-0.05, 0) is 38.4 Å². The van der Waals surface area contributed by atoms with E-state index < -0.39 is 16.1 Å². The molecule has 0 aromatic heterocycles. The van der Waals surface area contributed by atoms with Crippen molar-refractivity contribution in [1.82, 2.24) is 4.90 Å². The molecule has 0 aliphatic carbocycles. The second-order valence-electron chi connectivity index (χ2n) is 5.21. The summed E-state index contributed by atoms with van der Waals surface area (Å²) in [6, 6.07) is 6.27. The molecule has 0 amide bonds. The molecule has 0 radical (unpaired) electrons. The lowest BCUT2D eigenvalue weighted by molar-refractivity contribution is -0.138. The Morgan fingerprint density at radius 3 is 2.67 bits per heavy atom. The SMILES string of the molecule is Cc1ccc(S(=O)(=O)OC[C@H]2CCCN2CC(=O)O)cc1. The molecule has 0 spiro atoms. The van der Waals surface area contributed by atoms with Gasteiger partial charge in [0, 0.05) is 6.04 Å². The first kappa shape index (κ1) is 15.9. The van der Waals surface area contributed by atoms with Crippen LogP contribution in [0.25, 0.3) is 0 Å². The van der Waals surface area contributed by atoms with E-state index in [1.807, 2.05) is 6.92 Å². The van der Waals surface area contributed by atoms with Crippen molar-refractivity contribution >= 4 is 16.1 Å². The Bertz CT molecular complexity index is 596. The van der Waals surface area contributed by atoms with E-state index in [0.717, 1.165) is 18.4 Å². The van der Waals surface area contributed by atoms with E-state index in [1.165, 1.54) is 12.1 Å². The smallest absolute Gasteiger partial charge is 0.317 e. The lowest BCUT2D eigenvalue weighted by Crippen LogP contribution is -2.37. The van der Waals surface area contributed by atoms with Gasteiger partial charge in [-0.15, -0.1) is 0 Å². The number of benzene rings is 1. The standard InChI is InChI=1S/C14H19NO5S/c1-11-4-6-13(7-5-11)21(18,19)20-10-12-3-2-8-15(12)9-14(16)17/h4-7,12H,2-3,8-10H2,1H3,(H,16,17)/t12-/m1/s1.